The molecule has 0 spiro atoms. The van der Waals surface area contributed by atoms with E-state index in [0.717, 1.165) is 0 Å². The van der Waals surface area contributed by atoms with Gasteiger partial charge >= 0.3 is 6.03 Å². The lowest BCUT2D eigenvalue weighted by Crippen LogP contribution is -2.47. The Morgan fingerprint density at radius 3 is 2.12 bits per heavy atom. The Bertz CT molecular complexity index is 581. The molecule has 1 aromatic rings. The van der Waals surface area contributed by atoms with Crippen molar-refractivity contribution in [2.75, 3.05) is 13.1 Å². The van der Waals surface area contributed by atoms with E-state index in [1.807, 2.05) is 6.92 Å². The molecule has 1 aliphatic rings. The molecule has 5 heteroatoms. The van der Waals surface area contributed by atoms with Crippen LogP contribution in [0.2, 0.25) is 0 Å². The third-order valence-electron chi connectivity index (χ3n) is 4.55. The first-order valence-electron chi connectivity index (χ1n) is 8.76. The molecule has 1 aromatic carbocycles. The molecule has 0 bridgehead atoms. The van der Waals surface area contributed by atoms with Gasteiger partial charge in [0.05, 0.1) is 6.04 Å². The standard InChI is InChI=1S/C19H29N3O2/c1-12(2)15-6-8-16(9-7-15)17(13(3)4)21-14(5)18(23)22-11-10-20-19(22)24/h6-9,12-14,17,21H,10-11H2,1-5H3,(H,20,24)/t14-,17+/m1/s1. The third-order valence-corrected chi connectivity index (χ3v) is 4.55. The zero-order valence-corrected chi connectivity index (χ0v) is 15.3. The lowest BCUT2D eigenvalue weighted by Gasteiger charge is -2.28. The van der Waals surface area contributed by atoms with Gasteiger partial charge in [0.1, 0.15) is 0 Å². The van der Waals surface area contributed by atoms with Crippen LogP contribution in [0.3, 0.4) is 0 Å². The molecule has 0 aliphatic carbocycles. The molecule has 132 valence electrons. The molecule has 0 saturated carbocycles. The molecule has 0 radical (unpaired) electrons. The van der Waals surface area contributed by atoms with Crippen molar-refractivity contribution in [3.8, 4) is 0 Å². The minimum Gasteiger partial charge on any atom is -0.336 e. The van der Waals surface area contributed by atoms with Crippen LogP contribution in [0.25, 0.3) is 0 Å². The number of hydrogen-bond acceptors (Lipinski definition) is 3. The zero-order chi connectivity index (χ0) is 17.9. The maximum atomic E-state index is 12.5. The summed E-state index contributed by atoms with van der Waals surface area (Å²) in [7, 11) is 0. The number of imide groups is 1. The molecule has 24 heavy (non-hydrogen) atoms. The molecule has 2 N–H and O–H groups in total. The number of carbonyl (C=O) groups is 2. The van der Waals surface area contributed by atoms with E-state index in [4.69, 9.17) is 0 Å². The summed E-state index contributed by atoms with van der Waals surface area (Å²) in [6.07, 6.45) is 0. The highest BCUT2D eigenvalue weighted by atomic mass is 16.2. The topological polar surface area (TPSA) is 61.4 Å². The number of urea groups is 1. The Kier molecular flexibility index (Phi) is 5.99. The van der Waals surface area contributed by atoms with Crippen LogP contribution >= 0.6 is 0 Å². The first kappa shape index (κ1) is 18.5. The Morgan fingerprint density at radius 2 is 1.67 bits per heavy atom. The lowest BCUT2D eigenvalue weighted by atomic mass is 9.93. The van der Waals surface area contributed by atoms with Gasteiger partial charge in [-0.2, -0.15) is 0 Å². The van der Waals surface area contributed by atoms with Gasteiger partial charge in [-0.15, -0.1) is 0 Å². The molecular formula is C19H29N3O2. The molecular weight excluding hydrogens is 302 g/mol. The Labute approximate surface area is 144 Å². The van der Waals surface area contributed by atoms with Gasteiger partial charge in [-0.05, 0) is 29.9 Å². The van der Waals surface area contributed by atoms with Crippen molar-refractivity contribution in [2.45, 2.75) is 52.6 Å². The van der Waals surface area contributed by atoms with E-state index in [2.05, 4.69) is 62.6 Å². The highest BCUT2D eigenvalue weighted by Gasteiger charge is 2.31. The number of carbonyl (C=O) groups excluding carboxylic acids is 2. The van der Waals surface area contributed by atoms with Gasteiger partial charge in [0.25, 0.3) is 0 Å². The second-order valence-electron chi connectivity index (χ2n) is 7.15. The molecule has 1 heterocycles. The fourth-order valence-corrected chi connectivity index (χ4v) is 3.02. The van der Waals surface area contributed by atoms with Crippen LogP contribution in [0.15, 0.2) is 24.3 Å². The maximum Gasteiger partial charge on any atom is 0.324 e. The van der Waals surface area contributed by atoms with Gasteiger partial charge < -0.3 is 5.32 Å². The third kappa shape index (κ3) is 4.15. The largest absolute Gasteiger partial charge is 0.336 e. The molecule has 3 amide bonds. The number of benzene rings is 1. The summed E-state index contributed by atoms with van der Waals surface area (Å²) in [5.41, 5.74) is 2.47. The average molecular weight is 331 g/mol. The van der Waals surface area contributed by atoms with E-state index >= 15 is 0 Å². The predicted molar refractivity (Wildman–Crippen MR) is 95.8 cm³/mol. The van der Waals surface area contributed by atoms with E-state index in [-0.39, 0.29) is 18.0 Å². The van der Waals surface area contributed by atoms with E-state index < -0.39 is 6.04 Å². The Hall–Kier alpha value is -1.88. The summed E-state index contributed by atoms with van der Waals surface area (Å²) >= 11 is 0. The van der Waals surface area contributed by atoms with Crippen molar-refractivity contribution in [1.29, 1.82) is 0 Å². The smallest absolute Gasteiger partial charge is 0.324 e. The van der Waals surface area contributed by atoms with E-state index in [0.29, 0.717) is 24.9 Å². The second kappa shape index (κ2) is 7.79. The SMILES string of the molecule is CC(C)c1ccc([C@@H](N[C@H](C)C(=O)N2CCNC2=O)C(C)C)cc1. The lowest BCUT2D eigenvalue weighted by molar-refractivity contribution is -0.129. The first-order chi connectivity index (χ1) is 11.3. The summed E-state index contributed by atoms with van der Waals surface area (Å²) in [5, 5.41) is 6.08. The van der Waals surface area contributed by atoms with Gasteiger partial charge in [0.15, 0.2) is 0 Å². The van der Waals surface area contributed by atoms with E-state index in [1.165, 1.54) is 16.0 Å². The Balaban J connectivity index is 2.10. The highest BCUT2D eigenvalue weighted by molar-refractivity contribution is 5.98. The van der Waals surface area contributed by atoms with Crippen LogP contribution in [0.4, 0.5) is 4.79 Å². The minimum absolute atomic E-state index is 0.0656. The second-order valence-corrected chi connectivity index (χ2v) is 7.15. The maximum absolute atomic E-state index is 12.5. The molecule has 0 aromatic heterocycles. The molecule has 5 nitrogen and oxygen atoms in total. The number of hydrogen-bond donors (Lipinski definition) is 2. The number of nitrogens with zero attached hydrogens (tertiary/aromatic N) is 1. The van der Waals surface area contributed by atoms with Gasteiger partial charge in [0, 0.05) is 19.1 Å². The molecule has 0 unspecified atom stereocenters. The van der Waals surface area contributed by atoms with E-state index in [9.17, 15) is 9.59 Å². The number of amides is 3. The van der Waals surface area contributed by atoms with Crippen LogP contribution < -0.4 is 10.6 Å². The molecule has 1 saturated heterocycles. The van der Waals surface area contributed by atoms with E-state index in [1.54, 1.807) is 0 Å². The van der Waals surface area contributed by atoms with Crippen LogP contribution in [0, 0.1) is 5.92 Å². The van der Waals surface area contributed by atoms with Crippen molar-refractivity contribution in [2.24, 2.45) is 5.92 Å². The average Bonchev–Trinajstić information content (AvgIpc) is 2.97. The minimum atomic E-state index is -0.411. The number of nitrogens with one attached hydrogen (secondary N) is 2. The number of rotatable bonds is 6. The van der Waals surface area contributed by atoms with Gasteiger partial charge in [-0.25, -0.2) is 4.79 Å². The van der Waals surface area contributed by atoms with Crippen LogP contribution in [-0.4, -0.2) is 36.0 Å². The van der Waals surface area contributed by atoms with Crippen molar-refractivity contribution in [1.82, 2.24) is 15.5 Å². The predicted octanol–water partition coefficient (Wildman–Crippen LogP) is 3.04. The molecule has 1 fully saturated rings. The van der Waals surface area contributed by atoms with Crippen LogP contribution in [-0.2, 0) is 4.79 Å². The highest BCUT2D eigenvalue weighted by Crippen LogP contribution is 2.25. The fourth-order valence-electron chi connectivity index (χ4n) is 3.02. The van der Waals surface area contributed by atoms with Crippen molar-refractivity contribution >= 4 is 11.9 Å². The first-order valence-corrected chi connectivity index (χ1v) is 8.76. The summed E-state index contributed by atoms with van der Waals surface area (Å²) in [4.78, 5) is 25.5. The van der Waals surface area contributed by atoms with Crippen molar-refractivity contribution in [3.05, 3.63) is 35.4 Å². The quantitative estimate of drug-likeness (QED) is 0.842. The monoisotopic (exact) mass is 331 g/mol. The van der Waals surface area contributed by atoms with Crippen LogP contribution in [0.1, 0.15) is 57.7 Å². The van der Waals surface area contributed by atoms with Crippen molar-refractivity contribution in [3.63, 3.8) is 0 Å². The molecule has 2 atom stereocenters. The molecule has 1 aliphatic heterocycles. The summed E-state index contributed by atoms with van der Waals surface area (Å²) in [6, 6.07) is 7.92. The Morgan fingerprint density at radius 1 is 1.08 bits per heavy atom. The summed E-state index contributed by atoms with van der Waals surface area (Å²) in [6.45, 7) is 11.4. The van der Waals surface area contributed by atoms with Gasteiger partial charge in [-0.3, -0.25) is 15.0 Å². The summed E-state index contributed by atoms with van der Waals surface area (Å²) < 4.78 is 0. The molecule has 2 rings (SSSR count). The van der Waals surface area contributed by atoms with Gasteiger partial charge in [0.2, 0.25) is 5.91 Å². The fraction of sp³-hybridized carbons (Fsp3) is 0.579. The van der Waals surface area contributed by atoms with Gasteiger partial charge in [-0.1, -0.05) is 52.0 Å². The zero-order valence-electron chi connectivity index (χ0n) is 15.3. The van der Waals surface area contributed by atoms with Crippen LogP contribution in [0.5, 0.6) is 0 Å². The summed E-state index contributed by atoms with van der Waals surface area (Å²) in [5.74, 6) is 0.658. The van der Waals surface area contributed by atoms with Crippen molar-refractivity contribution < 1.29 is 9.59 Å². The normalized spacial score (nSPS) is 17.3.